The lowest BCUT2D eigenvalue weighted by molar-refractivity contribution is 0.601. The van der Waals surface area contributed by atoms with Crippen LogP contribution in [0.4, 0.5) is 0 Å². The van der Waals surface area contributed by atoms with Crippen LogP contribution >= 0.6 is 0 Å². The van der Waals surface area contributed by atoms with Crippen LogP contribution < -0.4 is 11.5 Å². The maximum atomic E-state index is 6.32. The summed E-state index contributed by atoms with van der Waals surface area (Å²) in [7, 11) is 0. The Balaban J connectivity index is 2.19. The number of hydrogen-bond donors (Lipinski definition) is 2. The lowest BCUT2D eigenvalue weighted by Crippen LogP contribution is -2.37. The summed E-state index contributed by atoms with van der Waals surface area (Å²) >= 11 is 0. The van der Waals surface area contributed by atoms with Crippen molar-refractivity contribution in [3.63, 3.8) is 0 Å². The standard InChI is InChI=1S/C17H20N2/c18-11-16(19)17-14-7-3-1-5-12(14)9-10-13-6-2-4-8-15(13)17/h1-8,16-17H,9-11,18-19H2. The fourth-order valence-corrected chi connectivity index (χ4v) is 3.16. The summed E-state index contributed by atoms with van der Waals surface area (Å²) in [5.74, 6) is 0.222. The van der Waals surface area contributed by atoms with Gasteiger partial charge >= 0.3 is 0 Å². The van der Waals surface area contributed by atoms with Gasteiger partial charge in [-0.05, 0) is 35.1 Å². The van der Waals surface area contributed by atoms with Crippen LogP contribution in [0.5, 0.6) is 0 Å². The highest BCUT2D eigenvalue weighted by molar-refractivity contribution is 5.46. The van der Waals surface area contributed by atoms with E-state index in [0.29, 0.717) is 6.54 Å². The molecule has 0 aromatic heterocycles. The van der Waals surface area contributed by atoms with Crippen LogP contribution in [0, 0.1) is 0 Å². The molecule has 1 aliphatic rings. The monoisotopic (exact) mass is 252 g/mol. The Morgan fingerprint density at radius 1 is 0.895 bits per heavy atom. The molecule has 0 radical (unpaired) electrons. The quantitative estimate of drug-likeness (QED) is 0.861. The second kappa shape index (κ2) is 5.16. The molecule has 0 bridgehead atoms. The van der Waals surface area contributed by atoms with Crippen LogP contribution in [0.25, 0.3) is 0 Å². The Hall–Kier alpha value is -1.64. The van der Waals surface area contributed by atoms with Crippen molar-refractivity contribution in [3.8, 4) is 0 Å². The summed E-state index contributed by atoms with van der Waals surface area (Å²) in [6, 6.07) is 17.2. The summed E-state index contributed by atoms with van der Waals surface area (Å²) < 4.78 is 0. The summed E-state index contributed by atoms with van der Waals surface area (Å²) in [4.78, 5) is 0. The average molecular weight is 252 g/mol. The van der Waals surface area contributed by atoms with E-state index in [0.717, 1.165) is 12.8 Å². The molecule has 0 heterocycles. The lowest BCUT2D eigenvalue weighted by Gasteiger charge is -2.25. The summed E-state index contributed by atoms with van der Waals surface area (Å²) in [6.07, 6.45) is 2.17. The van der Waals surface area contributed by atoms with Crippen molar-refractivity contribution >= 4 is 0 Å². The maximum absolute atomic E-state index is 6.32. The number of benzene rings is 2. The summed E-state index contributed by atoms with van der Waals surface area (Å²) in [5.41, 5.74) is 17.7. The number of fused-ring (bicyclic) bond motifs is 2. The zero-order valence-corrected chi connectivity index (χ0v) is 11.0. The molecule has 1 aliphatic carbocycles. The molecule has 0 fully saturated rings. The minimum atomic E-state index is -0.0274. The highest BCUT2D eigenvalue weighted by Gasteiger charge is 2.27. The number of nitrogens with two attached hydrogens (primary N) is 2. The molecule has 0 saturated heterocycles. The van der Waals surface area contributed by atoms with Crippen LogP contribution in [-0.4, -0.2) is 12.6 Å². The molecular formula is C17H20N2. The van der Waals surface area contributed by atoms with E-state index in [1.54, 1.807) is 0 Å². The molecule has 4 N–H and O–H groups in total. The van der Waals surface area contributed by atoms with Crippen LogP contribution in [0.2, 0.25) is 0 Å². The van der Waals surface area contributed by atoms with Crippen LogP contribution in [0.1, 0.15) is 28.2 Å². The van der Waals surface area contributed by atoms with Gasteiger partial charge in [0.05, 0.1) is 0 Å². The number of hydrogen-bond acceptors (Lipinski definition) is 2. The maximum Gasteiger partial charge on any atom is 0.0274 e. The van der Waals surface area contributed by atoms with E-state index in [1.165, 1.54) is 22.3 Å². The van der Waals surface area contributed by atoms with Gasteiger partial charge in [0, 0.05) is 18.5 Å². The lowest BCUT2D eigenvalue weighted by atomic mass is 9.83. The van der Waals surface area contributed by atoms with Crippen molar-refractivity contribution in [3.05, 3.63) is 70.8 Å². The predicted octanol–water partition coefficient (Wildman–Crippen LogP) is 2.20. The molecule has 98 valence electrons. The molecule has 2 heteroatoms. The van der Waals surface area contributed by atoms with E-state index in [2.05, 4.69) is 48.5 Å². The zero-order chi connectivity index (χ0) is 13.2. The minimum Gasteiger partial charge on any atom is -0.329 e. The van der Waals surface area contributed by atoms with Crippen molar-refractivity contribution in [2.45, 2.75) is 24.8 Å². The third-order valence-electron chi connectivity index (χ3n) is 4.14. The van der Waals surface area contributed by atoms with E-state index in [-0.39, 0.29) is 12.0 Å². The van der Waals surface area contributed by atoms with Crippen molar-refractivity contribution in [2.75, 3.05) is 6.54 Å². The molecule has 2 aromatic rings. The van der Waals surface area contributed by atoms with E-state index >= 15 is 0 Å². The van der Waals surface area contributed by atoms with E-state index in [1.807, 2.05) is 0 Å². The summed E-state index contributed by atoms with van der Waals surface area (Å²) in [6.45, 7) is 0.507. The molecule has 2 aromatic carbocycles. The zero-order valence-electron chi connectivity index (χ0n) is 11.0. The Morgan fingerprint density at radius 2 is 1.37 bits per heavy atom. The Morgan fingerprint density at radius 3 is 1.84 bits per heavy atom. The van der Waals surface area contributed by atoms with Crippen molar-refractivity contribution in [2.24, 2.45) is 11.5 Å². The van der Waals surface area contributed by atoms with Crippen molar-refractivity contribution in [1.29, 1.82) is 0 Å². The first-order chi connectivity index (χ1) is 9.31. The topological polar surface area (TPSA) is 52.0 Å². The van der Waals surface area contributed by atoms with Crippen LogP contribution in [-0.2, 0) is 12.8 Å². The average Bonchev–Trinajstić information content (AvgIpc) is 2.63. The third-order valence-corrected chi connectivity index (χ3v) is 4.14. The molecule has 0 aliphatic heterocycles. The first-order valence-corrected chi connectivity index (χ1v) is 6.92. The minimum absolute atomic E-state index is 0.0274. The van der Waals surface area contributed by atoms with Crippen molar-refractivity contribution in [1.82, 2.24) is 0 Å². The molecule has 0 saturated carbocycles. The number of rotatable bonds is 2. The predicted molar refractivity (Wildman–Crippen MR) is 79.2 cm³/mol. The summed E-state index contributed by atoms with van der Waals surface area (Å²) in [5, 5.41) is 0. The van der Waals surface area contributed by atoms with E-state index in [9.17, 15) is 0 Å². The normalized spacial score (nSPS) is 16.3. The van der Waals surface area contributed by atoms with Gasteiger partial charge < -0.3 is 11.5 Å². The SMILES string of the molecule is NCC(N)C1c2ccccc2CCc2ccccc21. The molecule has 0 amide bonds. The molecule has 19 heavy (non-hydrogen) atoms. The first kappa shape index (κ1) is 12.4. The molecule has 1 unspecified atom stereocenters. The second-order valence-corrected chi connectivity index (χ2v) is 5.27. The van der Waals surface area contributed by atoms with Gasteiger partial charge in [-0.3, -0.25) is 0 Å². The fraction of sp³-hybridized carbons (Fsp3) is 0.294. The van der Waals surface area contributed by atoms with Gasteiger partial charge in [-0.15, -0.1) is 0 Å². The van der Waals surface area contributed by atoms with Gasteiger partial charge in [0.2, 0.25) is 0 Å². The molecule has 1 atom stereocenters. The number of aryl methyl sites for hydroxylation is 2. The third kappa shape index (κ3) is 2.18. The molecular weight excluding hydrogens is 232 g/mol. The smallest absolute Gasteiger partial charge is 0.0274 e. The first-order valence-electron chi connectivity index (χ1n) is 6.92. The van der Waals surface area contributed by atoms with Gasteiger partial charge in [-0.25, -0.2) is 0 Å². The largest absolute Gasteiger partial charge is 0.329 e. The van der Waals surface area contributed by atoms with Gasteiger partial charge in [0.25, 0.3) is 0 Å². The van der Waals surface area contributed by atoms with Gasteiger partial charge in [0.15, 0.2) is 0 Å². The van der Waals surface area contributed by atoms with Crippen molar-refractivity contribution < 1.29 is 0 Å². The highest BCUT2D eigenvalue weighted by atomic mass is 14.7. The second-order valence-electron chi connectivity index (χ2n) is 5.27. The van der Waals surface area contributed by atoms with Gasteiger partial charge in [0.1, 0.15) is 0 Å². The van der Waals surface area contributed by atoms with E-state index < -0.39 is 0 Å². The van der Waals surface area contributed by atoms with Crippen LogP contribution in [0.15, 0.2) is 48.5 Å². The molecule has 0 spiro atoms. The Kier molecular flexibility index (Phi) is 3.36. The van der Waals surface area contributed by atoms with Gasteiger partial charge in [-0.2, -0.15) is 0 Å². The van der Waals surface area contributed by atoms with E-state index in [4.69, 9.17) is 11.5 Å². The van der Waals surface area contributed by atoms with Gasteiger partial charge in [-0.1, -0.05) is 48.5 Å². The van der Waals surface area contributed by atoms with Crippen LogP contribution in [0.3, 0.4) is 0 Å². The Labute approximate surface area is 114 Å². The molecule has 3 rings (SSSR count). The fourth-order valence-electron chi connectivity index (χ4n) is 3.16. The Bertz CT molecular complexity index is 529. The molecule has 2 nitrogen and oxygen atoms in total. The highest BCUT2D eigenvalue weighted by Crippen LogP contribution is 2.35.